The summed E-state index contributed by atoms with van der Waals surface area (Å²) in [5.41, 5.74) is 1.39. The van der Waals surface area contributed by atoms with Crippen LogP contribution in [0.2, 0.25) is 5.02 Å². The van der Waals surface area contributed by atoms with Crippen LogP contribution >= 0.6 is 11.6 Å². The van der Waals surface area contributed by atoms with Gasteiger partial charge in [-0.05, 0) is 60.2 Å². The van der Waals surface area contributed by atoms with Crippen LogP contribution in [0, 0.1) is 5.82 Å². The number of Topliss-reactive ketones (excluding diaryl/α,β-unsaturated/α-hetero) is 2. The fraction of sp³-hybridized carbons (Fsp3) is 0.0435. The van der Waals surface area contributed by atoms with Gasteiger partial charge in [0.1, 0.15) is 17.3 Å². The summed E-state index contributed by atoms with van der Waals surface area (Å²) in [7, 11) is 0. The van der Waals surface area contributed by atoms with Crippen molar-refractivity contribution in [3.8, 4) is 11.5 Å². The first kappa shape index (κ1) is 18.9. The van der Waals surface area contributed by atoms with E-state index < -0.39 is 5.82 Å². The van der Waals surface area contributed by atoms with Gasteiger partial charge >= 0.3 is 0 Å². The van der Waals surface area contributed by atoms with Gasteiger partial charge in [-0.2, -0.15) is 0 Å². The third kappa shape index (κ3) is 4.20. The molecule has 1 heterocycles. The maximum Gasteiger partial charge on any atom is 0.231 e. The SMILES string of the molecule is O=C(COc1ccc2c(c1)O/C(=C\c1cccc(F)c1)C2=O)c1ccc(Cl)cc1. The molecule has 1 aliphatic heterocycles. The first-order chi connectivity index (χ1) is 14.0. The lowest BCUT2D eigenvalue weighted by Gasteiger charge is -2.07. The molecular formula is C23H14ClFO4. The number of ether oxygens (including phenoxy) is 2. The maximum atomic E-state index is 13.3. The van der Waals surface area contributed by atoms with E-state index in [9.17, 15) is 14.0 Å². The second-order valence-corrected chi connectivity index (χ2v) is 6.81. The molecule has 0 bridgehead atoms. The van der Waals surface area contributed by atoms with E-state index in [2.05, 4.69) is 0 Å². The van der Waals surface area contributed by atoms with Crippen LogP contribution in [0.3, 0.4) is 0 Å². The van der Waals surface area contributed by atoms with Gasteiger partial charge < -0.3 is 9.47 Å². The van der Waals surface area contributed by atoms with Crippen LogP contribution in [0.25, 0.3) is 6.08 Å². The molecule has 0 N–H and O–H groups in total. The van der Waals surface area contributed by atoms with E-state index in [0.717, 1.165) is 0 Å². The van der Waals surface area contributed by atoms with Crippen LogP contribution in [0.15, 0.2) is 72.5 Å². The number of benzene rings is 3. The van der Waals surface area contributed by atoms with Crippen molar-refractivity contribution in [3.05, 3.63) is 100 Å². The number of allylic oxidation sites excluding steroid dienone is 1. The highest BCUT2D eigenvalue weighted by Crippen LogP contribution is 2.35. The van der Waals surface area contributed by atoms with Gasteiger partial charge in [0.05, 0.1) is 5.56 Å². The summed E-state index contributed by atoms with van der Waals surface area (Å²) < 4.78 is 24.5. The molecule has 144 valence electrons. The van der Waals surface area contributed by atoms with Crippen molar-refractivity contribution in [1.29, 1.82) is 0 Å². The zero-order valence-electron chi connectivity index (χ0n) is 15.0. The summed E-state index contributed by atoms with van der Waals surface area (Å²) in [5, 5.41) is 0.546. The van der Waals surface area contributed by atoms with E-state index in [-0.39, 0.29) is 23.9 Å². The third-order valence-corrected chi connectivity index (χ3v) is 4.58. The Hall–Kier alpha value is -3.44. The van der Waals surface area contributed by atoms with E-state index in [1.807, 2.05) is 0 Å². The van der Waals surface area contributed by atoms with Gasteiger partial charge in [0, 0.05) is 16.7 Å². The number of carbonyl (C=O) groups is 2. The molecule has 4 nitrogen and oxygen atoms in total. The second kappa shape index (κ2) is 7.89. The molecule has 29 heavy (non-hydrogen) atoms. The van der Waals surface area contributed by atoms with Crippen molar-refractivity contribution in [1.82, 2.24) is 0 Å². The van der Waals surface area contributed by atoms with Crippen molar-refractivity contribution >= 4 is 29.2 Å². The molecular weight excluding hydrogens is 395 g/mol. The Bertz CT molecular complexity index is 1140. The van der Waals surface area contributed by atoms with Gasteiger partial charge in [0.25, 0.3) is 0 Å². The van der Waals surface area contributed by atoms with E-state index in [4.69, 9.17) is 21.1 Å². The minimum atomic E-state index is -0.400. The molecule has 3 aromatic carbocycles. The van der Waals surface area contributed by atoms with E-state index in [1.54, 1.807) is 54.6 Å². The zero-order chi connectivity index (χ0) is 20.4. The monoisotopic (exact) mass is 408 g/mol. The average Bonchev–Trinajstić information content (AvgIpc) is 3.01. The number of ketones is 2. The molecule has 3 aromatic rings. The lowest BCUT2D eigenvalue weighted by atomic mass is 10.1. The van der Waals surface area contributed by atoms with Crippen molar-refractivity contribution < 1.29 is 23.5 Å². The van der Waals surface area contributed by atoms with Crippen molar-refractivity contribution in [2.45, 2.75) is 0 Å². The summed E-state index contributed by atoms with van der Waals surface area (Å²) in [4.78, 5) is 24.7. The van der Waals surface area contributed by atoms with Crippen LogP contribution < -0.4 is 9.47 Å². The van der Waals surface area contributed by atoms with Gasteiger partial charge in [-0.15, -0.1) is 0 Å². The maximum absolute atomic E-state index is 13.3. The molecule has 0 aromatic heterocycles. The van der Waals surface area contributed by atoms with Gasteiger partial charge in [-0.25, -0.2) is 4.39 Å². The number of rotatable bonds is 5. The topological polar surface area (TPSA) is 52.6 Å². The van der Waals surface area contributed by atoms with Gasteiger partial charge in [-0.1, -0.05) is 23.7 Å². The number of hydrogen-bond donors (Lipinski definition) is 0. The molecule has 0 fully saturated rings. The Kier molecular flexibility index (Phi) is 5.14. The summed E-state index contributed by atoms with van der Waals surface area (Å²) in [6.07, 6.45) is 1.48. The van der Waals surface area contributed by atoms with Crippen molar-refractivity contribution in [2.24, 2.45) is 0 Å². The summed E-state index contributed by atoms with van der Waals surface area (Å²) >= 11 is 5.82. The van der Waals surface area contributed by atoms with Crippen LogP contribution in [-0.4, -0.2) is 18.2 Å². The molecule has 0 amide bonds. The number of fused-ring (bicyclic) bond motifs is 1. The van der Waals surface area contributed by atoms with Crippen LogP contribution in [0.1, 0.15) is 26.3 Å². The largest absolute Gasteiger partial charge is 0.485 e. The van der Waals surface area contributed by atoms with E-state index in [0.29, 0.717) is 33.2 Å². The van der Waals surface area contributed by atoms with E-state index in [1.165, 1.54) is 18.2 Å². The highest BCUT2D eigenvalue weighted by atomic mass is 35.5. The fourth-order valence-electron chi connectivity index (χ4n) is 2.87. The molecule has 0 unspecified atom stereocenters. The summed E-state index contributed by atoms with van der Waals surface area (Å²) in [6.45, 7) is -0.166. The third-order valence-electron chi connectivity index (χ3n) is 4.32. The Labute approximate surface area is 171 Å². The van der Waals surface area contributed by atoms with Gasteiger partial charge in [0.15, 0.2) is 18.1 Å². The lowest BCUT2D eigenvalue weighted by Crippen LogP contribution is -2.11. The standard InChI is InChI=1S/C23H14ClFO4/c24-16-6-4-15(5-7-16)20(26)13-28-18-8-9-19-21(12-18)29-22(23(19)27)11-14-2-1-3-17(25)10-14/h1-12H,13H2/b22-11-. The van der Waals surface area contributed by atoms with Gasteiger partial charge in [-0.3, -0.25) is 9.59 Å². The number of halogens is 2. The van der Waals surface area contributed by atoms with Gasteiger partial charge in [0.2, 0.25) is 5.78 Å². The Morgan fingerprint density at radius 2 is 1.86 bits per heavy atom. The minimum absolute atomic E-state index is 0.0972. The lowest BCUT2D eigenvalue weighted by molar-refractivity contribution is 0.0921. The molecule has 0 radical (unpaired) electrons. The Morgan fingerprint density at radius 1 is 1.07 bits per heavy atom. The predicted octanol–water partition coefficient (Wildman–Crippen LogP) is 5.36. The highest BCUT2D eigenvalue weighted by molar-refractivity contribution is 6.30. The molecule has 4 rings (SSSR count). The van der Waals surface area contributed by atoms with E-state index >= 15 is 0 Å². The molecule has 1 aliphatic rings. The van der Waals surface area contributed by atoms with Crippen molar-refractivity contribution in [2.75, 3.05) is 6.61 Å². The van der Waals surface area contributed by atoms with Crippen LogP contribution in [0.5, 0.6) is 11.5 Å². The number of carbonyl (C=O) groups excluding carboxylic acids is 2. The molecule has 0 atom stereocenters. The first-order valence-corrected chi connectivity index (χ1v) is 9.13. The molecule has 0 spiro atoms. The molecule has 0 saturated heterocycles. The first-order valence-electron chi connectivity index (χ1n) is 8.75. The van der Waals surface area contributed by atoms with Crippen LogP contribution in [0.4, 0.5) is 4.39 Å². The Balaban J connectivity index is 1.47. The predicted molar refractivity (Wildman–Crippen MR) is 107 cm³/mol. The summed E-state index contributed by atoms with van der Waals surface area (Å²) in [6, 6.07) is 17.1. The fourth-order valence-corrected chi connectivity index (χ4v) is 3.00. The zero-order valence-corrected chi connectivity index (χ0v) is 15.8. The van der Waals surface area contributed by atoms with Crippen LogP contribution in [-0.2, 0) is 0 Å². The smallest absolute Gasteiger partial charge is 0.231 e. The normalized spacial score (nSPS) is 13.9. The highest BCUT2D eigenvalue weighted by Gasteiger charge is 2.27. The molecule has 6 heteroatoms. The quantitative estimate of drug-likeness (QED) is 0.421. The number of hydrogen-bond acceptors (Lipinski definition) is 4. The minimum Gasteiger partial charge on any atom is -0.485 e. The summed E-state index contributed by atoms with van der Waals surface area (Å²) in [5.74, 6) is -0.0813. The molecule has 0 saturated carbocycles. The molecule has 0 aliphatic carbocycles. The van der Waals surface area contributed by atoms with Crippen molar-refractivity contribution in [3.63, 3.8) is 0 Å². The second-order valence-electron chi connectivity index (χ2n) is 6.37. The Morgan fingerprint density at radius 3 is 2.62 bits per heavy atom. The average molecular weight is 409 g/mol.